The van der Waals surface area contributed by atoms with Crippen molar-refractivity contribution in [2.75, 3.05) is 0 Å². The number of rotatable bonds is 2. The third-order valence-corrected chi connectivity index (χ3v) is 4.57. The SMILES string of the molecule is NC(=S)c1cccc(C(=O)N2C3CCC2CC(O)C3)c1. The van der Waals surface area contributed by atoms with E-state index >= 15 is 0 Å². The average Bonchev–Trinajstić information content (AvgIpc) is 2.70. The summed E-state index contributed by atoms with van der Waals surface area (Å²) in [7, 11) is 0. The van der Waals surface area contributed by atoms with Crippen molar-refractivity contribution in [1.29, 1.82) is 0 Å². The number of benzene rings is 1. The Morgan fingerprint density at radius 2 is 1.85 bits per heavy atom. The zero-order valence-electron chi connectivity index (χ0n) is 11.2. The average molecular weight is 290 g/mol. The number of aliphatic hydroxyl groups is 1. The molecule has 0 radical (unpaired) electrons. The second-order valence-electron chi connectivity index (χ2n) is 5.67. The number of amides is 1. The van der Waals surface area contributed by atoms with Crippen LogP contribution >= 0.6 is 12.2 Å². The monoisotopic (exact) mass is 290 g/mol. The van der Waals surface area contributed by atoms with Gasteiger partial charge in [-0.1, -0.05) is 24.4 Å². The van der Waals surface area contributed by atoms with Gasteiger partial charge in [0.15, 0.2) is 0 Å². The predicted molar refractivity (Wildman–Crippen MR) is 80.5 cm³/mol. The van der Waals surface area contributed by atoms with Crippen LogP contribution in [-0.2, 0) is 0 Å². The topological polar surface area (TPSA) is 66.6 Å². The molecule has 2 unspecified atom stereocenters. The summed E-state index contributed by atoms with van der Waals surface area (Å²) in [6.07, 6.45) is 3.10. The molecular weight excluding hydrogens is 272 g/mol. The maximum atomic E-state index is 12.7. The first-order valence-electron chi connectivity index (χ1n) is 6.97. The number of fused-ring (bicyclic) bond motifs is 2. The highest BCUT2D eigenvalue weighted by atomic mass is 32.1. The molecule has 3 N–H and O–H groups in total. The number of hydrogen-bond donors (Lipinski definition) is 2. The molecule has 2 bridgehead atoms. The summed E-state index contributed by atoms with van der Waals surface area (Å²) in [4.78, 5) is 15.0. The molecule has 0 spiro atoms. The van der Waals surface area contributed by atoms with Gasteiger partial charge in [-0.05, 0) is 37.8 Å². The number of thiocarbonyl (C=S) groups is 1. The second-order valence-corrected chi connectivity index (χ2v) is 6.11. The van der Waals surface area contributed by atoms with Crippen molar-refractivity contribution in [3.63, 3.8) is 0 Å². The fourth-order valence-corrected chi connectivity index (χ4v) is 3.56. The molecule has 1 aromatic carbocycles. The van der Waals surface area contributed by atoms with Crippen LogP contribution in [-0.4, -0.2) is 39.1 Å². The number of carbonyl (C=O) groups excluding carboxylic acids is 1. The van der Waals surface area contributed by atoms with Crippen LogP contribution in [0, 0.1) is 0 Å². The molecule has 1 amide bonds. The van der Waals surface area contributed by atoms with Crippen LogP contribution in [0.5, 0.6) is 0 Å². The predicted octanol–water partition coefficient (Wildman–Crippen LogP) is 1.45. The summed E-state index contributed by atoms with van der Waals surface area (Å²) in [6.45, 7) is 0. The van der Waals surface area contributed by atoms with Gasteiger partial charge >= 0.3 is 0 Å². The molecule has 0 aromatic heterocycles. The van der Waals surface area contributed by atoms with E-state index in [1.165, 1.54) is 0 Å². The summed E-state index contributed by atoms with van der Waals surface area (Å²) in [5.41, 5.74) is 6.97. The van der Waals surface area contributed by atoms with E-state index in [0.717, 1.165) is 18.4 Å². The maximum absolute atomic E-state index is 12.7. The molecular formula is C15H18N2O2S. The Morgan fingerprint density at radius 3 is 2.45 bits per heavy atom. The second kappa shape index (κ2) is 5.14. The molecule has 20 heavy (non-hydrogen) atoms. The highest BCUT2D eigenvalue weighted by molar-refractivity contribution is 7.80. The number of nitrogens with zero attached hydrogens (tertiary/aromatic N) is 1. The van der Waals surface area contributed by atoms with Gasteiger partial charge in [0, 0.05) is 23.2 Å². The van der Waals surface area contributed by atoms with E-state index < -0.39 is 0 Å². The minimum absolute atomic E-state index is 0.0301. The molecule has 0 saturated carbocycles. The number of carbonyl (C=O) groups is 1. The Labute approximate surface area is 123 Å². The van der Waals surface area contributed by atoms with Crippen molar-refractivity contribution in [1.82, 2.24) is 4.90 Å². The lowest BCUT2D eigenvalue weighted by Crippen LogP contribution is -2.48. The van der Waals surface area contributed by atoms with Crippen molar-refractivity contribution in [3.05, 3.63) is 35.4 Å². The fraction of sp³-hybridized carbons (Fsp3) is 0.467. The summed E-state index contributed by atoms with van der Waals surface area (Å²) in [5, 5.41) is 9.81. The van der Waals surface area contributed by atoms with Crippen LogP contribution in [0.2, 0.25) is 0 Å². The van der Waals surface area contributed by atoms with E-state index in [0.29, 0.717) is 23.4 Å². The van der Waals surface area contributed by atoms with Crippen LogP contribution in [0.3, 0.4) is 0 Å². The lowest BCUT2D eigenvalue weighted by molar-refractivity contribution is 0.0287. The van der Waals surface area contributed by atoms with Gasteiger partial charge in [-0.15, -0.1) is 0 Å². The van der Waals surface area contributed by atoms with E-state index in [-0.39, 0.29) is 24.1 Å². The first-order valence-corrected chi connectivity index (χ1v) is 7.37. The van der Waals surface area contributed by atoms with Crippen molar-refractivity contribution in [3.8, 4) is 0 Å². The minimum atomic E-state index is -0.264. The van der Waals surface area contributed by atoms with Gasteiger partial charge < -0.3 is 15.7 Å². The highest BCUT2D eigenvalue weighted by Crippen LogP contribution is 2.36. The minimum Gasteiger partial charge on any atom is -0.393 e. The number of aliphatic hydroxyl groups excluding tert-OH is 1. The molecule has 2 aliphatic rings. The van der Waals surface area contributed by atoms with E-state index in [1.54, 1.807) is 12.1 Å². The van der Waals surface area contributed by atoms with Crippen LogP contribution < -0.4 is 5.73 Å². The molecule has 5 heteroatoms. The van der Waals surface area contributed by atoms with Gasteiger partial charge in [-0.2, -0.15) is 0 Å². The summed E-state index contributed by atoms with van der Waals surface area (Å²) < 4.78 is 0. The number of piperidine rings is 1. The van der Waals surface area contributed by atoms with E-state index in [9.17, 15) is 9.90 Å². The molecule has 1 aromatic rings. The first-order chi connectivity index (χ1) is 9.56. The summed E-state index contributed by atoms with van der Waals surface area (Å²) in [6, 6.07) is 7.52. The van der Waals surface area contributed by atoms with Crippen molar-refractivity contribution in [2.45, 2.75) is 43.9 Å². The largest absolute Gasteiger partial charge is 0.393 e. The Balaban J connectivity index is 1.86. The van der Waals surface area contributed by atoms with E-state index in [1.807, 2.05) is 17.0 Å². The Morgan fingerprint density at radius 1 is 1.25 bits per heavy atom. The molecule has 0 aliphatic carbocycles. The quantitative estimate of drug-likeness (QED) is 0.809. The van der Waals surface area contributed by atoms with Crippen LogP contribution in [0.1, 0.15) is 41.6 Å². The lowest BCUT2D eigenvalue weighted by atomic mass is 9.98. The lowest BCUT2D eigenvalue weighted by Gasteiger charge is -2.37. The fourth-order valence-electron chi connectivity index (χ4n) is 3.43. The normalized spacial score (nSPS) is 28.4. The smallest absolute Gasteiger partial charge is 0.254 e. The number of nitrogens with two attached hydrogens (primary N) is 1. The van der Waals surface area contributed by atoms with Gasteiger partial charge in [0.2, 0.25) is 0 Å². The zero-order chi connectivity index (χ0) is 14.3. The van der Waals surface area contributed by atoms with Crippen molar-refractivity contribution < 1.29 is 9.90 Å². The van der Waals surface area contributed by atoms with Gasteiger partial charge in [-0.3, -0.25) is 4.79 Å². The van der Waals surface area contributed by atoms with E-state index in [2.05, 4.69) is 0 Å². The molecule has 2 aliphatic heterocycles. The molecule has 3 rings (SSSR count). The Hall–Kier alpha value is -1.46. The summed E-state index contributed by atoms with van der Waals surface area (Å²) in [5.74, 6) is 0.0301. The third-order valence-electron chi connectivity index (χ3n) is 4.34. The Kier molecular flexibility index (Phi) is 3.48. The van der Waals surface area contributed by atoms with Crippen LogP contribution in [0.15, 0.2) is 24.3 Å². The molecule has 4 nitrogen and oxygen atoms in total. The highest BCUT2D eigenvalue weighted by Gasteiger charge is 2.42. The Bertz CT molecular complexity index is 547. The van der Waals surface area contributed by atoms with Gasteiger partial charge in [0.1, 0.15) is 4.99 Å². The molecule has 2 saturated heterocycles. The molecule has 106 valence electrons. The van der Waals surface area contributed by atoms with E-state index in [4.69, 9.17) is 18.0 Å². The van der Waals surface area contributed by atoms with Gasteiger partial charge in [-0.25, -0.2) is 0 Å². The molecule has 2 atom stereocenters. The number of hydrogen-bond acceptors (Lipinski definition) is 3. The van der Waals surface area contributed by atoms with Gasteiger partial charge in [0.05, 0.1) is 6.10 Å². The van der Waals surface area contributed by atoms with Crippen molar-refractivity contribution in [2.24, 2.45) is 5.73 Å². The maximum Gasteiger partial charge on any atom is 0.254 e. The summed E-state index contributed by atoms with van der Waals surface area (Å²) >= 11 is 4.96. The van der Waals surface area contributed by atoms with Gasteiger partial charge in [0.25, 0.3) is 5.91 Å². The first kappa shape index (κ1) is 13.5. The molecule has 2 fully saturated rings. The van der Waals surface area contributed by atoms with Crippen LogP contribution in [0.25, 0.3) is 0 Å². The third kappa shape index (κ3) is 2.31. The van der Waals surface area contributed by atoms with Crippen molar-refractivity contribution >= 4 is 23.1 Å². The zero-order valence-corrected chi connectivity index (χ0v) is 12.0. The molecule has 2 heterocycles. The standard InChI is InChI=1S/C15H18N2O2S/c16-14(20)9-2-1-3-10(6-9)15(19)17-11-4-5-12(17)8-13(18)7-11/h1-3,6,11-13,18H,4-5,7-8H2,(H2,16,20). The van der Waals surface area contributed by atoms with Crippen LogP contribution in [0.4, 0.5) is 0 Å².